The summed E-state index contributed by atoms with van der Waals surface area (Å²) in [4.78, 5) is 0. The van der Waals surface area contributed by atoms with Crippen LogP contribution in [-0.4, -0.2) is 32.3 Å². The van der Waals surface area contributed by atoms with Gasteiger partial charge in [-0.1, -0.05) is 0 Å². The predicted molar refractivity (Wildman–Crippen MR) is 177 cm³/mol. The van der Waals surface area contributed by atoms with Gasteiger partial charge in [0.05, 0.1) is 0 Å². The van der Waals surface area contributed by atoms with Crippen LogP contribution in [0.3, 0.4) is 0 Å². The van der Waals surface area contributed by atoms with Crippen LogP contribution < -0.4 is 34.5 Å². The topological polar surface area (TPSA) is 0 Å². The molecular weight excluding hydrogens is 1030 g/mol. The van der Waals surface area contributed by atoms with Crippen LogP contribution in [0.25, 0.3) is 0 Å². The zero-order chi connectivity index (χ0) is 23.6. The second-order valence-corrected chi connectivity index (χ2v) is 44.5. The van der Waals surface area contributed by atoms with Crippen molar-refractivity contribution >= 4 is 117 Å². The van der Waals surface area contributed by atoms with Gasteiger partial charge in [0.1, 0.15) is 0 Å². The number of rotatable bonds is 7. The van der Waals surface area contributed by atoms with E-state index in [2.05, 4.69) is 194 Å². The number of hydrogen-bond acceptors (Lipinski definition) is 0. The molecule has 0 bridgehead atoms. The summed E-state index contributed by atoms with van der Waals surface area (Å²) in [5.41, 5.74) is -1.71. The second kappa shape index (κ2) is 15.2. The van der Waals surface area contributed by atoms with Gasteiger partial charge in [-0.05, 0) is 0 Å². The molecule has 0 aliphatic carbocycles. The Balaban J connectivity index is 0.000000968. The summed E-state index contributed by atoms with van der Waals surface area (Å²) < 4.78 is 0. The van der Waals surface area contributed by atoms with Crippen molar-refractivity contribution in [3.63, 3.8) is 0 Å². The molecule has 4 rings (SSSR count). The Bertz CT molecular complexity index is 1070. The van der Waals surface area contributed by atoms with E-state index >= 15 is 0 Å². The molecule has 0 saturated carbocycles. The summed E-state index contributed by atoms with van der Waals surface area (Å²) in [6.45, 7) is 0. The first-order valence-electron chi connectivity index (χ1n) is 9.97. The Morgan fingerprint density at radius 3 is 1.24 bits per heavy atom. The van der Waals surface area contributed by atoms with E-state index in [0.717, 1.165) is 0 Å². The van der Waals surface area contributed by atoms with Gasteiger partial charge in [-0.2, -0.15) is 0 Å². The summed E-state index contributed by atoms with van der Waals surface area (Å²) in [6.07, 6.45) is 0. The van der Waals surface area contributed by atoms with E-state index in [1.165, 1.54) is 27.1 Å². The van der Waals surface area contributed by atoms with Gasteiger partial charge in [0.15, 0.2) is 0 Å². The molecule has 0 unspecified atom stereocenters. The van der Waals surface area contributed by atoms with E-state index in [-0.39, 0.29) is 0 Å². The first-order chi connectivity index (χ1) is 16.1. The van der Waals surface area contributed by atoms with E-state index in [0.29, 0.717) is 24.5 Å². The maximum atomic E-state index is 3.80. The van der Waals surface area contributed by atoms with Gasteiger partial charge in [-0.15, -0.1) is 0 Å². The van der Waals surface area contributed by atoms with Gasteiger partial charge in [0, 0.05) is 0 Å². The molecular formula is C25H22I4P2Se2. The standard InChI is InChI=1S/C25H22IP2Se2.I3/c26-30-28(24-17-9-3-10-18-24,25-19-11-4-12-20-25)21-27(29,22-13-5-1-6-14-22)23-15-7-2-8-16-23;1-3-2/h1-20H,21H2;/q+1;-1. The predicted octanol–water partition coefficient (Wildman–Crippen LogP) is 4.11. The fraction of sp³-hybridized carbons (Fsp3) is 0.0400. The van der Waals surface area contributed by atoms with Crippen molar-refractivity contribution < 1.29 is 13.3 Å². The molecule has 0 aliphatic rings. The van der Waals surface area contributed by atoms with Gasteiger partial charge < -0.3 is 0 Å². The third-order valence-corrected chi connectivity index (χ3v) is 34.8. The van der Waals surface area contributed by atoms with Crippen LogP contribution in [0.1, 0.15) is 0 Å². The molecule has 4 aromatic carbocycles. The van der Waals surface area contributed by atoms with Crippen molar-refractivity contribution in [3.05, 3.63) is 121 Å². The molecule has 0 amide bonds. The van der Waals surface area contributed by atoms with Gasteiger partial charge in [-0.25, -0.2) is 0 Å². The molecule has 172 valence electrons. The van der Waals surface area contributed by atoms with E-state index < -0.39 is 11.5 Å². The summed E-state index contributed by atoms with van der Waals surface area (Å²) in [5.74, 6) is -0.381. The molecule has 0 saturated heterocycles. The van der Waals surface area contributed by atoms with Crippen LogP contribution in [0.5, 0.6) is 0 Å². The zero-order valence-electron chi connectivity index (χ0n) is 17.5. The number of hydrogen-bond donors (Lipinski definition) is 0. The second-order valence-electron chi connectivity index (χ2n) is 7.09. The third-order valence-electron chi connectivity index (χ3n) is 5.21. The molecule has 33 heavy (non-hydrogen) atoms. The van der Waals surface area contributed by atoms with Crippen LogP contribution in [0.2, 0.25) is 0 Å². The van der Waals surface area contributed by atoms with Crippen LogP contribution in [0.15, 0.2) is 121 Å². The molecule has 0 fully saturated rings. The van der Waals surface area contributed by atoms with Crippen LogP contribution >= 0.6 is 69.0 Å². The Hall–Kier alpha value is 1.70. The Kier molecular flexibility index (Phi) is 13.5. The normalized spacial score (nSPS) is 11.5. The quantitative estimate of drug-likeness (QED) is 0.149. The van der Waals surface area contributed by atoms with E-state index in [1.807, 2.05) is 0 Å². The molecule has 0 aliphatic heterocycles. The van der Waals surface area contributed by atoms with Crippen molar-refractivity contribution in [1.29, 1.82) is 0 Å². The fourth-order valence-electron chi connectivity index (χ4n) is 3.68. The average molecular weight is 1050 g/mol. The fourth-order valence-corrected chi connectivity index (χ4v) is 39.8. The van der Waals surface area contributed by atoms with Crippen LogP contribution in [0, 0.1) is 0 Å². The first-order valence-corrected chi connectivity index (χ1v) is 36.2. The zero-order valence-corrected chi connectivity index (χ0v) is 31.3. The molecule has 0 N–H and O–H groups in total. The molecule has 8 heteroatoms. The molecule has 0 nitrogen and oxygen atoms in total. The van der Waals surface area contributed by atoms with Crippen molar-refractivity contribution in [2.24, 2.45) is 0 Å². The summed E-state index contributed by atoms with van der Waals surface area (Å²) >= 11 is 12.3. The third kappa shape index (κ3) is 7.61. The van der Waals surface area contributed by atoms with Crippen molar-refractivity contribution in [3.8, 4) is 0 Å². The maximum absolute atomic E-state index is 3.80. The Labute approximate surface area is 253 Å². The van der Waals surface area contributed by atoms with E-state index in [1.54, 1.807) is 0 Å². The van der Waals surface area contributed by atoms with Crippen LogP contribution in [-0.2, 0) is 0 Å². The van der Waals surface area contributed by atoms with Crippen molar-refractivity contribution in [1.82, 2.24) is 0 Å². The molecule has 0 heterocycles. The average Bonchev–Trinajstić information content (AvgIpc) is 2.90. The van der Waals surface area contributed by atoms with Gasteiger partial charge in [-0.3, -0.25) is 0 Å². The molecule has 0 radical (unpaired) electrons. The minimum absolute atomic E-state index is 0.451. The Morgan fingerprint density at radius 2 is 0.939 bits per heavy atom. The number of benzene rings is 4. The van der Waals surface area contributed by atoms with E-state index in [9.17, 15) is 0 Å². The van der Waals surface area contributed by atoms with Crippen LogP contribution in [0.4, 0.5) is 0 Å². The van der Waals surface area contributed by atoms with Crippen molar-refractivity contribution in [2.45, 2.75) is 0 Å². The molecule has 0 spiro atoms. The minimum atomic E-state index is -1.71. The molecule has 0 aromatic heterocycles. The van der Waals surface area contributed by atoms with Gasteiger partial charge in [0.2, 0.25) is 0 Å². The summed E-state index contributed by atoms with van der Waals surface area (Å²) in [5, 5.41) is 5.95. The van der Waals surface area contributed by atoms with Gasteiger partial charge in [0.25, 0.3) is 0 Å². The molecule has 0 atom stereocenters. The Morgan fingerprint density at radius 1 is 0.636 bits per heavy atom. The number of halogens is 4. The SMILES string of the molecule is I[I-]I.[Se]=P(C[P+]([Se]I)(c1ccccc1)c1ccccc1)(c1ccccc1)c1ccccc1. The summed E-state index contributed by atoms with van der Waals surface area (Å²) in [7, 11) is 0. The van der Waals surface area contributed by atoms with E-state index in [4.69, 9.17) is 0 Å². The monoisotopic (exact) mass is 1050 g/mol. The first kappa shape index (κ1) is 29.3. The van der Waals surface area contributed by atoms with Crippen molar-refractivity contribution in [2.75, 3.05) is 5.90 Å². The van der Waals surface area contributed by atoms with Gasteiger partial charge >= 0.3 is 257 Å². The summed E-state index contributed by atoms with van der Waals surface area (Å²) in [6, 6.07) is 44.8. The molecule has 4 aromatic rings.